The molecule has 0 rings (SSSR count). The number of carbonyl (C=O) groups excluding carboxylic acids is 1. The second-order valence-corrected chi connectivity index (χ2v) is 20.3. The van der Waals surface area contributed by atoms with Gasteiger partial charge < -0.3 is 19.8 Å². The van der Waals surface area contributed by atoms with Crippen molar-refractivity contribution in [1.29, 1.82) is 0 Å². The Kier molecular flexibility index (Phi) is 45.6. The van der Waals surface area contributed by atoms with Gasteiger partial charge in [-0.15, -0.1) is 0 Å². The van der Waals surface area contributed by atoms with Gasteiger partial charge >= 0.3 is 7.82 Å². The van der Waals surface area contributed by atoms with Crippen LogP contribution in [0.15, 0.2) is 97.2 Å². The highest BCUT2D eigenvalue weighted by molar-refractivity contribution is 7.47. The predicted molar refractivity (Wildman–Crippen MR) is 286 cm³/mol. The third kappa shape index (κ3) is 49.3. The minimum atomic E-state index is -4.35. The number of nitrogens with one attached hydrogen (secondary N) is 1. The first-order chi connectivity index (χ1) is 32.0. The Hall–Kier alpha value is -2.58. The van der Waals surface area contributed by atoms with Crippen molar-refractivity contribution in [3.05, 3.63) is 97.2 Å². The van der Waals surface area contributed by atoms with Gasteiger partial charge in [-0.25, -0.2) is 4.57 Å². The summed E-state index contributed by atoms with van der Waals surface area (Å²) in [5.41, 5.74) is 0. The Morgan fingerprint density at radius 2 is 0.924 bits per heavy atom. The van der Waals surface area contributed by atoms with E-state index in [0.717, 1.165) is 83.5 Å². The van der Waals surface area contributed by atoms with Gasteiger partial charge in [0.2, 0.25) is 5.91 Å². The highest BCUT2D eigenvalue weighted by Crippen LogP contribution is 2.43. The molecule has 9 heteroatoms. The molecule has 0 fully saturated rings. The molecule has 0 saturated heterocycles. The number of nitrogens with zero attached hydrogens (tertiary/aromatic N) is 1. The lowest BCUT2D eigenvalue weighted by Gasteiger charge is -2.25. The van der Waals surface area contributed by atoms with Crippen LogP contribution in [-0.2, 0) is 18.4 Å². The lowest BCUT2D eigenvalue weighted by molar-refractivity contribution is -0.870. The normalized spacial score (nSPS) is 14.8. The standard InChI is InChI=1S/C57H101N2O6P/c1-6-8-10-12-14-16-18-19-20-21-22-23-24-25-26-27-28-29-30-31-32-33-34-35-36-37-38-39-41-43-45-47-49-51-57(61)58-55(54-65-66(62,63)64-53-52-59(3,4)5)56(60)50-48-46-44-42-40-17-15-13-11-9-7-2/h8,10-11,13-14,16,19-20,22-23,25-26,40,42,48,50,55-56,60H,6-7,9,12,15,17-18,21,24,27-39,41,43-47,49,51-54H2,1-5H3,(H-,58,61,62,63)/p+1/b10-8-,13-11+,16-14-,20-19-,23-22-,26-25-,42-40+,50-48+. The van der Waals surface area contributed by atoms with Gasteiger partial charge in [-0.3, -0.25) is 13.8 Å². The number of phosphoric acid groups is 1. The molecular weight excluding hydrogens is 840 g/mol. The molecule has 0 spiro atoms. The number of allylic oxidation sites excluding steroid dienone is 15. The maximum atomic E-state index is 12.9. The summed E-state index contributed by atoms with van der Waals surface area (Å²) in [5.74, 6) is -0.196. The van der Waals surface area contributed by atoms with Crippen LogP contribution in [0.5, 0.6) is 0 Å². The lowest BCUT2D eigenvalue weighted by atomic mass is 10.0. The van der Waals surface area contributed by atoms with Crippen LogP contribution in [0, 0.1) is 0 Å². The first-order valence-corrected chi connectivity index (χ1v) is 28.1. The molecule has 1 amide bonds. The number of quaternary nitrogens is 1. The number of rotatable bonds is 47. The van der Waals surface area contributed by atoms with Crippen molar-refractivity contribution in [2.75, 3.05) is 40.9 Å². The molecule has 0 aromatic heterocycles. The van der Waals surface area contributed by atoms with Crippen LogP contribution in [-0.4, -0.2) is 73.4 Å². The number of phosphoric ester groups is 1. The quantitative estimate of drug-likeness (QED) is 0.0243. The maximum absolute atomic E-state index is 12.9. The molecule has 3 N–H and O–H groups in total. The van der Waals surface area contributed by atoms with Crippen molar-refractivity contribution in [3.8, 4) is 0 Å². The molecule has 0 aliphatic heterocycles. The SMILES string of the molecule is CC/C=C\C/C=C\C/C=C\C/C=C\C/C=C\CCCCCCCCCCCCCCCCCCCC(=O)NC(COP(=O)(O)OCC[N+](C)(C)C)C(O)/C=C/CC/C=C/CC/C=C/CCC. The molecule has 0 aromatic carbocycles. The molecule has 66 heavy (non-hydrogen) atoms. The Labute approximate surface area is 407 Å². The zero-order valence-electron chi connectivity index (χ0n) is 43.1. The van der Waals surface area contributed by atoms with Gasteiger partial charge in [-0.2, -0.15) is 0 Å². The minimum Gasteiger partial charge on any atom is -0.387 e. The average Bonchev–Trinajstić information content (AvgIpc) is 3.28. The zero-order chi connectivity index (χ0) is 48.5. The molecular formula is C57H102N2O6P+. The molecule has 0 aromatic rings. The van der Waals surface area contributed by atoms with Gasteiger partial charge in [0.25, 0.3) is 0 Å². The fourth-order valence-electron chi connectivity index (χ4n) is 7.11. The van der Waals surface area contributed by atoms with Crippen LogP contribution in [0.25, 0.3) is 0 Å². The van der Waals surface area contributed by atoms with E-state index < -0.39 is 20.0 Å². The van der Waals surface area contributed by atoms with Gasteiger partial charge in [0.1, 0.15) is 13.2 Å². The molecule has 380 valence electrons. The smallest absolute Gasteiger partial charge is 0.387 e. The van der Waals surface area contributed by atoms with Crippen LogP contribution in [0.4, 0.5) is 0 Å². The van der Waals surface area contributed by atoms with Gasteiger partial charge in [0.05, 0.1) is 39.9 Å². The first-order valence-electron chi connectivity index (χ1n) is 26.6. The molecule has 0 aliphatic carbocycles. The number of aliphatic hydroxyl groups is 1. The number of hydrogen-bond donors (Lipinski definition) is 3. The molecule has 0 saturated carbocycles. The van der Waals surface area contributed by atoms with Crippen molar-refractivity contribution < 1.29 is 32.9 Å². The number of amides is 1. The van der Waals surface area contributed by atoms with E-state index in [1.807, 2.05) is 27.2 Å². The highest BCUT2D eigenvalue weighted by Gasteiger charge is 2.27. The molecule has 8 nitrogen and oxygen atoms in total. The van der Waals surface area contributed by atoms with Crippen LogP contribution >= 0.6 is 7.82 Å². The van der Waals surface area contributed by atoms with Crippen molar-refractivity contribution in [2.24, 2.45) is 0 Å². The average molecular weight is 942 g/mol. The van der Waals surface area contributed by atoms with Crippen LogP contribution < -0.4 is 5.32 Å². The summed E-state index contributed by atoms with van der Waals surface area (Å²) in [7, 11) is 1.54. The number of hydrogen-bond acceptors (Lipinski definition) is 5. The Bertz CT molecular complexity index is 1390. The van der Waals surface area contributed by atoms with Crippen molar-refractivity contribution in [1.82, 2.24) is 5.32 Å². The van der Waals surface area contributed by atoms with E-state index in [2.05, 4.69) is 104 Å². The van der Waals surface area contributed by atoms with E-state index in [1.165, 1.54) is 103 Å². The summed E-state index contributed by atoms with van der Waals surface area (Å²) in [6.45, 7) is 4.58. The van der Waals surface area contributed by atoms with E-state index >= 15 is 0 Å². The third-order valence-corrected chi connectivity index (χ3v) is 12.2. The van der Waals surface area contributed by atoms with Gasteiger partial charge in [-0.05, 0) is 83.5 Å². The van der Waals surface area contributed by atoms with Crippen LogP contribution in [0.1, 0.15) is 206 Å². The largest absolute Gasteiger partial charge is 0.472 e. The summed E-state index contributed by atoms with van der Waals surface area (Å²) >= 11 is 0. The van der Waals surface area contributed by atoms with Gasteiger partial charge in [0.15, 0.2) is 0 Å². The molecule has 3 unspecified atom stereocenters. The minimum absolute atomic E-state index is 0.0502. The first kappa shape index (κ1) is 63.4. The van der Waals surface area contributed by atoms with E-state index in [4.69, 9.17) is 9.05 Å². The third-order valence-electron chi connectivity index (χ3n) is 11.2. The summed E-state index contributed by atoms with van der Waals surface area (Å²) in [6.07, 6.45) is 68.1. The van der Waals surface area contributed by atoms with Crippen molar-refractivity contribution >= 4 is 13.7 Å². The summed E-state index contributed by atoms with van der Waals surface area (Å²) in [4.78, 5) is 23.2. The van der Waals surface area contributed by atoms with E-state index in [9.17, 15) is 19.4 Å². The zero-order valence-corrected chi connectivity index (χ0v) is 44.0. The maximum Gasteiger partial charge on any atom is 0.472 e. The van der Waals surface area contributed by atoms with Gasteiger partial charge in [-0.1, -0.05) is 214 Å². The molecule has 0 bridgehead atoms. The number of unbranched alkanes of at least 4 members (excludes halogenated alkanes) is 20. The Balaban J connectivity index is 4.05. The van der Waals surface area contributed by atoms with Crippen molar-refractivity contribution in [2.45, 2.75) is 219 Å². The Morgan fingerprint density at radius 3 is 1.38 bits per heavy atom. The van der Waals surface area contributed by atoms with Crippen LogP contribution in [0.3, 0.4) is 0 Å². The summed E-state index contributed by atoms with van der Waals surface area (Å²) < 4.78 is 23.6. The highest BCUT2D eigenvalue weighted by atomic mass is 31.2. The second-order valence-electron chi connectivity index (χ2n) is 18.8. The van der Waals surface area contributed by atoms with E-state index in [1.54, 1.807) is 6.08 Å². The lowest BCUT2D eigenvalue weighted by Crippen LogP contribution is -2.45. The molecule has 3 atom stereocenters. The number of likely N-dealkylation sites (N-methyl/N-ethyl adjacent to an activating group) is 1. The number of carbonyl (C=O) groups is 1. The summed E-state index contributed by atoms with van der Waals surface area (Å²) in [5, 5.41) is 13.8. The monoisotopic (exact) mass is 942 g/mol. The van der Waals surface area contributed by atoms with E-state index in [0.29, 0.717) is 17.4 Å². The topological polar surface area (TPSA) is 105 Å². The van der Waals surface area contributed by atoms with Crippen molar-refractivity contribution in [3.63, 3.8) is 0 Å². The van der Waals surface area contributed by atoms with E-state index in [-0.39, 0.29) is 19.1 Å². The second kappa shape index (κ2) is 47.5. The van der Waals surface area contributed by atoms with Gasteiger partial charge in [0, 0.05) is 6.42 Å². The molecule has 0 radical (unpaired) electrons. The fraction of sp³-hybridized carbons (Fsp3) is 0.702. The number of aliphatic hydroxyl groups excluding tert-OH is 1. The Morgan fingerprint density at radius 1 is 0.530 bits per heavy atom. The van der Waals surface area contributed by atoms with Crippen LogP contribution in [0.2, 0.25) is 0 Å². The summed E-state index contributed by atoms with van der Waals surface area (Å²) in [6, 6.07) is -0.872. The molecule has 0 aliphatic rings. The predicted octanol–water partition coefficient (Wildman–Crippen LogP) is 15.9. The fourth-order valence-corrected chi connectivity index (χ4v) is 7.84. The molecule has 0 heterocycles.